The topological polar surface area (TPSA) is 80.6 Å². The first-order valence-corrected chi connectivity index (χ1v) is 8.07. The van der Waals surface area contributed by atoms with E-state index in [1.54, 1.807) is 5.01 Å². The maximum atomic E-state index is 13.0. The minimum absolute atomic E-state index is 0.0516. The molecule has 0 radical (unpaired) electrons. The summed E-state index contributed by atoms with van der Waals surface area (Å²) in [5.41, 5.74) is -1.88. The SMILES string of the molecule is COC(=O)C12N=NN(c3ccccc3)C1(C(=O)OC)C1CCC2C1. The highest BCUT2D eigenvalue weighted by Crippen LogP contribution is 2.65. The second-order valence-corrected chi connectivity index (χ2v) is 6.56. The van der Waals surface area contributed by atoms with Gasteiger partial charge in [-0.3, -0.25) is 0 Å². The highest BCUT2D eigenvalue weighted by molar-refractivity contribution is 6.00. The highest BCUT2D eigenvalue weighted by Gasteiger charge is 2.82. The number of methoxy groups -OCH3 is 2. The van der Waals surface area contributed by atoms with E-state index in [0.29, 0.717) is 5.69 Å². The minimum atomic E-state index is -1.33. The van der Waals surface area contributed by atoms with Crippen molar-refractivity contribution in [2.75, 3.05) is 19.2 Å². The van der Waals surface area contributed by atoms with Gasteiger partial charge in [0.05, 0.1) is 19.9 Å². The molecule has 0 spiro atoms. The molecule has 0 aromatic heterocycles. The van der Waals surface area contributed by atoms with Crippen LogP contribution in [0.15, 0.2) is 40.7 Å². The summed E-state index contributed by atoms with van der Waals surface area (Å²) in [6, 6.07) is 9.31. The molecule has 0 saturated heterocycles. The Kier molecular flexibility index (Phi) is 3.16. The van der Waals surface area contributed by atoms with Crippen molar-refractivity contribution in [3.63, 3.8) is 0 Å². The molecule has 7 heteroatoms. The molecule has 3 aliphatic rings. The summed E-state index contributed by atoms with van der Waals surface area (Å²) in [4.78, 5) is 25.8. The molecule has 7 nitrogen and oxygen atoms in total. The Morgan fingerprint density at radius 2 is 1.75 bits per heavy atom. The summed E-state index contributed by atoms with van der Waals surface area (Å²) >= 11 is 0. The number of esters is 2. The fourth-order valence-electron chi connectivity index (χ4n) is 4.95. The van der Waals surface area contributed by atoms with Gasteiger partial charge in [0.1, 0.15) is 0 Å². The molecule has 0 N–H and O–H groups in total. The fourth-order valence-corrected chi connectivity index (χ4v) is 4.95. The maximum absolute atomic E-state index is 13.0. The summed E-state index contributed by atoms with van der Waals surface area (Å²) in [7, 11) is 2.67. The van der Waals surface area contributed by atoms with Gasteiger partial charge in [0.15, 0.2) is 0 Å². The molecule has 2 bridgehead atoms. The third kappa shape index (κ3) is 1.48. The lowest BCUT2D eigenvalue weighted by molar-refractivity contribution is -0.163. The maximum Gasteiger partial charge on any atom is 0.339 e. The molecule has 4 unspecified atom stereocenters. The summed E-state index contributed by atoms with van der Waals surface area (Å²) < 4.78 is 10.2. The second kappa shape index (κ2) is 5.03. The normalized spacial score (nSPS) is 35.8. The lowest BCUT2D eigenvalue weighted by Gasteiger charge is -2.44. The number of anilines is 1. The standard InChI is InChI=1S/C17H19N3O4/c1-23-14(21)16-11-8-9-12(10-11)17(16,15(22)24-2)20(19-18-16)13-6-4-3-5-7-13/h3-7,11-12H,8-10H2,1-2H3. The van der Waals surface area contributed by atoms with Crippen LogP contribution in [0.1, 0.15) is 19.3 Å². The van der Waals surface area contributed by atoms with Gasteiger partial charge < -0.3 is 9.47 Å². The molecule has 1 aliphatic heterocycles. The number of rotatable bonds is 3. The zero-order valence-electron chi connectivity index (χ0n) is 13.6. The summed E-state index contributed by atoms with van der Waals surface area (Å²) in [5.74, 6) is -1.10. The van der Waals surface area contributed by atoms with Gasteiger partial charge in [0.2, 0.25) is 11.1 Å². The van der Waals surface area contributed by atoms with Gasteiger partial charge in [-0.15, -0.1) is 5.11 Å². The molecule has 2 aliphatic carbocycles. The molecular weight excluding hydrogens is 310 g/mol. The Labute approximate surface area is 139 Å². The fraction of sp³-hybridized carbons (Fsp3) is 0.529. The molecule has 1 aromatic carbocycles. The van der Waals surface area contributed by atoms with Crippen LogP contribution >= 0.6 is 0 Å². The quantitative estimate of drug-likeness (QED) is 0.794. The molecule has 1 aromatic rings. The van der Waals surface area contributed by atoms with Crippen LogP contribution in [0.2, 0.25) is 0 Å². The summed E-state index contributed by atoms with van der Waals surface area (Å²) in [5, 5.41) is 10.2. The number of fused-ring (bicyclic) bond motifs is 5. The smallest absolute Gasteiger partial charge is 0.339 e. The first kappa shape index (κ1) is 15.1. The average molecular weight is 329 g/mol. The van der Waals surface area contributed by atoms with Crippen molar-refractivity contribution >= 4 is 17.6 Å². The lowest BCUT2D eigenvalue weighted by Crippen LogP contribution is -2.70. The molecule has 0 amide bonds. The van der Waals surface area contributed by atoms with Crippen molar-refractivity contribution < 1.29 is 19.1 Å². The molecule has 2 fully saturated rings. The van der Waals surface area contributed by atoms with E-state index in [2.05, 4.69) is 10.3 Å². The van der Waals surface area contributed by atoms with Gasteiger partial charge in [0.25, 0.3) is 0 Å². The van der Waals surface area contributed by atoms with E-state index in [4.69, 9.17) is 9.47 Å². The van der Waals surface area contributed by atoms with Crippen LogP contribution in [0, 0.1) is 11.8 Å². The summed E-state index contributed by atoms with van der Waals surface area (Å²) in [6.07, 6.45) is 2.42. The zero-order valence-corrected chi connectivity index (χ0v) is 13.6. The van der Waals surface area contributed by atoms with Crippen LogP contribution in [-0.2, 0) is 19.1 Å². The summed E-state index contributed by atoms with van der Waals surface area (Å²) in [6.45, 7) is 0. The highest BCUT2D eigenvalue weighted by atomic mass is 16.5. The number of hydrogen-bond acceptors (Lipinski definition) is 7. The average Bonchev–Trinajstić information content (AvgIpc) is 3.31. The molecule has 4 atom stereocenters. The van der Waals surface area contributed by atoms with Crippen molar-refractivity contribution in [3.8, 4) is 0 Å². The minimum Gasteiger partial charge on any atom is -0.467 e. The van der Waals surface area contributed by atoms with Crippen LogP contribution in [0.25, 0.3) is 0 Å². The third-order valence-corrected chi connectivity index (χ3v) is 5.82. The van der Waals surface area contributed by atoms with Gasteiger partial charge in [0, 0.05) is 5.92 Å². The van der Waals surface area contributed by atoms with Crippen molar-refractivity contribution in [3.05, 3.63) is 30.3 Å². The number of ether oxygens (including phenoxy) is 2. The van der Waals surface area contributed by atoms with E-state index in [9.17, 15) is 9.59 Å². The number of nitrogens with zero attached hydrogens (tertiary/aromatic N) is 3. The Morgan fingerprint density at radius 1 is 1.08 bits per heavy atom. The Balaban J connectivity index is 1.95. The van der Waals surface area contributed by atoms with E-state index in [0.717, 1.165) is 19.3 Å². The molecular formula is C17H19N3O4. The van der Waals surface area contributed by atoms with Gasteiger partial charge in [-0.25, -0.2) is 14.6 Å². The number of hydrogen-bond donors (Lipinski definition) is 0. The monoisotopic (exact) mass is 329 g/mol. The van der Waals surface area contributed by atoms with Gasteiger partial charge in [-0.1, -0.05) is 23.4 Å². The van der Waals surface area contributed by atoms with Crippen molar-refractivity contribution in [1.29, 1.82) is 0 Å². The second-order valence-electron chi connectivity index (χ2n) is 6.56. The Hall–Kier alpha value is -2.44. The first-order valence-electron chi connectivity index (χ1n) is 8.07. The van der Waals surface area contributed by atoms with Gasteiger partial charge in [-0.2, -0.15) is 0 Å². The molecule has 4 rings (SSSR count). The van der Waals surface area contributed by atoms with E-state index in [1.165, 1.54) is 14.2 Å². The third-order valence-electron chi connectivity index (χ3n) is 5.82. The molecule has 2 saturated carbocycles. The van der Waals surface area contributed by atoms with Gasteiger partial charge in [-0.05, 0) is 37.3 Å². The molecule has 126 valence electrons. The predicted molar refractivity (Wildman–Crippen MR) is 84.1 cm³/mol. The van der Waals surface area contributed by atoms with Crippen molar-refractivity contribution in [1.82, 2.24) is 0 Å². The van der Waals surface area contributed by atoms with Crippen LogP contribution in [0.5, 0.6) is 0 Å². The van der Waals surface area contributed by atoms with Crippen LogP contribution < -0.4 is 5.01 Å². The van der Waals surface area contributed by atoms with E-state index in [-0.39, 0.29) is 11.8 Å². The number of carbonyl (C=O) groups excluding carboxylic acids is 2. The molecule has 24 heavy (non-hydrogen) atoms. The number of para-hydroxylation sites is 1. The largest absolute Gasteiger partial charge is 0.467 e. The predicted octanol–water partition coefficient (Wildman–Crippen LogP) is 2.13. The van der Waals surface area contributed by atoms with Crippen molar-refractivity contribution in [2.45, 2.75) is 30.3 Å². The number of carbonyl (C=O) groups is 2. The Bertz CT molecular complexity index is 722. The van der Waals surface area contributed by atoms with E-state index in [1.807, 2.05) is 30.3 Å². The lowest BCUT2D eigenvalue weighted by atomic mass is 9.66. The zero-order chi connectivity index (χ0) is 16.9. The van der Waals surface area contributed by atoms with Crippen LogP contribution in [-0.4, -0.2) is 37.2 Å². The van der Waals surface area contributed by atoms with Crippen LogP contribution in [0.3, 0.4) is 0 Å². The molecule has 1 heterocycles. The Morgan fingerprint density at radius 3 is 2.42 bits per heavy atom. The van der Waals surface area contributed by atoms with E-state index < -0.39 is 23.0 Å². The van der Waals surface area contributed by atoms with Crippen LogP contribution in [0.4, 0.5) is 5.69 Å². The van der Waals surface area contributed by atoms with E-state index >= 15 is 0 Å². The van der Waals surface area contributed by atoms with Crippen molar-refractivity contribution in [2.24, 2.45) is 22.2 Å². The van der Waals surface area contributed by atoms with Gasteiger partial charge >= 0.3 is 11.9 Å². The number of benzene rings is 1. The first-order chi connectivity index (χ1) is 11.6.